The van der Waals surface area contributed by atoms with Gasteiger partial charge >= 0.3 is 0 Å². The lowest BCUT2D eigenvalue weighted by molar-refractivity contribution is -0.107. The Hall–Kier alpha value is -1.31. The molecule has 0 aliphatic rings. The molecule has 0 amide bonds. The van der Waals surface area contributed by atoms with Crippen molar-refractivity contribution in [3.63, 3.8) is 0 Å². The van der Waals surface area contributed by atoms with Gasteiger partial charge in [-0.2, -0.15) is 0 Å². The van der Waals surface area contributed by atoms with Crippen molar-refractivity contribution in [1.29, 1.82) is 0 Å². The van der Waals surface area contributed by atoms with Gasteiger partial charge in [-0.25, -0.2) is 0 Å². The van der Waals surface area contributed by atoms with Crippen LogP contribution in [0.5, 0.6) is 5.75 Å². The number of ether oxygens (including phenoxy) is 1. The molecule has 0 N–H and O–H groups in total. The van der Waals surface area contributed by atoms with Crippen LogP contribution in [0.25, 0.3) is 0 Å². The van der Waals surface area contributed by atoms with Gasteiger partial charge in [-0.3, -0.25) is 0 Å². The van der Waals surface area contributed by atoms with Crippen LogP contribution in [-0.2, 0) is 11.2 Å². The summed E-state index contributed by atoms with van der Waals surface area (Å²) < 4.78 is 5.26. The Morgan fingerprint density at radius 1 is 1.46 bits per heavy atom. The van der Waals surface area contributed by atoms with Crippen LogP contribution in [0.2, 0.25) is 0 Å². The van der Waals surface area contributed by atoms with Gasteiger partial charge in [-0.1, -0.05) is 18.2 Å². The number of aryl methyl sites for hydroxylation is 2. The highest BCUT2D eigenvalue weighted by Crippen LogP contribution is 2.23. The highest BCUT2D eigenvalue weighted by atomic mass is 16.5. The summed E-state index contributed by atoms with van der Waals surface area (Å²) in [6, 6.07) is 5.98. The summed E-state index contributed by atoms with van der Waals surface area (Å²) in [5, 5.41) is 0. The van der Waals surface area contributed by atoms with Crippen molar-refractivity contribution in [2.75, 3.05) is 7.11 Å². The lowest BCUT2D eigenvalue weighted by Gasteiger charge is -2.09. The van der Waals surface area contributed by atoms with Crippen LogP contribution in [0.15, 0.2) is 18.2 Å². The van der Waals surface area contributed by atoms with E-state index in [-0.39, 0.29) is 0 Å². The molecule has 0 atom stereocenters. The van der Waals surface area contributed by atoms with Crippen molar-refractivity contribution >= 4 is 6.29 Å². The van der Waals surface area contributed by atoms with Gasteiger partial charge < -0.3 is 9.53 Å². The monoisotopic (exact) mass is 178 g/mol. The van der Waals surface area contributed by atoms with E-state index in [2.05, 4.69) is 0 Å². The first kappa shape index (κ1) is 9.78. The molecule has 0 aliphatic carbocycles. The fourth-order valence-electron chi connectivity index (χ4n) is 1.42. The van der Waals surface area contributed by atoms with E-state index in [1.165, 1.54) is 0 Å². The first-order chi connectivity index (χ1) is 6.29. The minimum Gasteiger partial charge on any atom is -0.496 e. The maximum atomic E-state index is 10.2. The fraction of sp³-hybridized carbons (Fsp3) is 0.364. The third-order valence-corrected chi connectivity index (χ3v) is 2.03. The summed E-state index contributed by atoms with van der Waals surface area (Å²) in [6.07, 6.45) is 2.25. The van der Waals surface area contributed by atoms with Crippen molar-refractivity contribution in [1.82, 2.24) is 0 Å². The van der Waals surface area contributed by atoms with E-state index in [1.807, 2.05) is 25.1 Å². The standard InChI is InChI=1S/C11H14O2/c1-9-5-3-6-10(7-4-8-12)11(9)13-2/h3,5-6,8H,4,7H2,1-2H3. The summed E-state index contributed by atoms with van der Waals surface area (Å²) in [5.74, 6) is 0.907. The van der Waals surface area contributed by atoms with Gasteiger partial charge in [-0.15, -0.1) is 0 Å². The van der Waals surface area contributed by atoms with Crippen LogP contribution in [0, 0.1) is 6.92 Å². The van der Waals surface area contributed by atoms with Gasteiger partial charge in [-0.05, 0) is 24.5 Å². The number of hydrogen-bond acceptors (Lipinski definition) is 2. The average molecular weight is 178 g/mol. The molecule has 0 aliphatic heterocycles. The number of hydrogen-bond donors (Lipinski definition) is 0. The van der Waals surface area contributed by atoms with E-state index in [9.17, 15) is 4.79 Å². The van der Waals surface area contributed by atoms with Crippen LogP contribution >= 0.6 is 0 Å². The first-order valence-corrected chi connectivity index (χ1v) is 4.35. The van der Waals surface area contributed by atoms with Crippen molar-refractivity contribution in [2.45, 2.75) is 19.8 Å². The van der Waals surface area contributed by atoms with Gasteiger partial charge in [0.15, 0.2) is 0 Å². The lowest BCUT2D eigenvalue weighted by atomic mass is 10.1. The van der Waals surface area contributed by atoms with E-state index < -0.39 is 0 Å². The Labute approximate surface area is 78.5 Å². The number of aldehydes is 1. The minimum absolute atomic E-state index is 0.555. The summed E-state index contributed by atoms with van der Waals surface area (Å²) in [4.78, 5) is 10.2. The highest BCUT2D eigenvalue weighted by Gasteiger charge is 2.04. The molecule has 70 valence electrons. The quantitative estimate of drug-likeness (QED) is 0.660. The minimum atomic E-state index is 0.555. The molecule has 0 spiro atoms. The molecular weight excluding hydrogens is 164 g/mol. The molecule has 0 bridgehead atoms. The topological polar surface area (TPSA) is 26.3 Å². The maximum absolute atomic E-state index is 10.2. The average Bonchev–Trinajstić information content (AvgIpc) is 2.15. The van der Waals surface area contributed by atoms with Crippen molar-refractivity contribution < 1.29 is 9.53 Å². The van der Waals surface area contributed by atoms with E-state index >= 15 is 0 Å². The summed E-state index contributed by atoms with van der Waals surface area (Å²) in [7, 11) is 1.66. The molecule has 1 aromatic carbocycles. The second kappa shape index (κ2) is 4.65. The molecule has 1 aromatic rings. The third kappa shape index (κ3) is 2.31. The number of rotatable bonds is 4. The molecule has 0 unspecified atom stereocenters. The zero-order valence-electron chi connectivity index (χ0n) is 8.04. The van der Waals surface area contributed by atoms with Crippen LogP contribution in [-0.4, -0.2) is 13.4 Å². The summed E-state index contributed by atoms with van der Waals surface area (Å²) >= 11 is 0. The number of carbonyl (C=O) groups excluding carboxylic acids is 1. The molecule has 2 nitrogen and oxygen atoms in total. The Morgan fingerprint density at radius 2 is 2.23 bits per heavy atom. The van der Waals surface area contributed by atoms with Gasteiger partial charge in [0.25, 0.3) is 0 Å². The Balaban J connectivity index is 2.91. The second-order valence-corrected chi connectivity index (χ2v) is 2.97. The number of carbonyl (C=O) groups is 1. The molecule has 1 rings (SSSR count). The van der Waals surface area contributed by atoms with Crippen LogP contribution in [0.1, 0.15) is 17.5 Å². The predicted octanol–water partition coefficient (Wildman–Crippen LogP) is 2.14. The summed E-state index contributed by atoms with van der Waals surface area (Å²) in [6.45, 7) is 2.00. The highest BCUT2D eigenvalue weighted by molar-refractivity contribution is 5.51. The van der Waals surface area contributed by atoms with Gasteiger partial charge in [0.05, 0.1) is 7.11 Å². The molecule has 0 saturated heterocycles. The van der Waals surface area contributed by atoms with Crippen LogP contribution < -0.4 is 4.74 Å². The van der Waals surface area contributed by atoms with Gasteiger partial charge in [0.2, 0.25) is 0 Å². The van der Waals surface area contributed by atoms with E-state index in [4.69, 9.17) is 4.74 Å². The predicted molar refractivity (Wildman–Crippen MR) is 52.1 cm³/mol. The Bertz CT molecular complexity index is 292. The largest absolute Gasteiger partial charge is 0.496 e. The number of para-hydroxylation sites is 1. The van der Waals surface area contributed by atoms with E-state index in [1.54, 1.807) is 7.11 Å². The van der Waals surface area contributed by atoms with E-state index in [0.717, 1.165) is 29.6 Å². The molecule has 0 aromatic heterocycles. The molecular formula is C11H14O2. The molecule has 13 heavy (non-hydrogen) atoms. The smallest absolute Gasteiger partial charge is 0.124 e. The Kier molecular flexibility index (Phi) is 3.50. The van der Waals surface area contributed by atoms with Crippen LogP contribution in [0.4, 0.5) is 0 Å². The molecule has 0 heterocycles. The fourth-order valence-corrected chi connectivity index (χ4v) is 1.42. The van der Waals surface area contributed by atoms with Crippen molar-refractivity contribution in [3.05, 3.63) is 29.3 Å². The first-order valence-electron chi connectivity index (χ1n) is 4.35. The normalized spacial score (nSPS) is 9.69. The third-order valence-electron chi connectivity index (χ3n) is 2.03. The lowest BCUT2D eigenvalue weighted by Crippen LogP contribution is -1.95. The Morgan fingerprint density at radius 3 is 2.85 bits per heavy atom. The molecule has 2 heteroatoms. The maximum Gasteiger partial charge on any atom is 0.124 e. The molecule has 0 fully saturated rings. The van der Waals surface area contributed by atoms with Crippen molar-refractivity contribution in [2.24, 2.45) is 0 Å². The SMILES string of the molecule is COc1c(C)cccc1CCC=O. The van der Waals surface area contributed by atoms with Gasteiger partial charge in [0.1, 0.15) is 12.0 Å². The van der Waals surface area contributed by atoms with Gasteiger partial charge in [0, 0.05) is 6.42 Å². The van der Waals surface area contributed by atoms with Crippen LogP contribution in [0.3, 0.4) is 0 Å². The zero-order valence-corrected chi connectivity index (χ0v) is 8.04. The molecule has 0 radical (unpaired) electrons. The van der Waals surface area contributed by atoms with E-state index in [0.29, 0.717) is 6.42 Å². The zero-order chi connectivity index (χ0) is 9.68. The second-order valence-electron chi connectivity index (χ2n) is 2.97. The number of benzene rings is 1. The summed E-state index contributed by atoms with van der Waals surface area (Å²) in [5.41, 5.74) is 2.22. The number of methoxy groups -OCH3 is 1. The van der Waals surface area contributed by atoms with Crippen molar-refractivity contribution in [3.8, 4) is 5.75 Å². The molecule has 0 saturated carbocycles.